The highest BCUT2D eigenvalue weighted by Gasteiger charge is 2.02. The van der Waals surface area contributed by atoms with Crippen LogP contribution >= 0.6 is 0 Å². The fourth-order valence-electron chi connectivity index (χ4n) is 2.11. The Morgan fingerprint density at radius 3 is 2.37 bits per heavy atom. The maximum absolute atomic E-state index is 8.89. The van der Waals surface area contributed by atoms with Crippen LogP contribution in [0.3, 0.4) is 0 Å². The SMILES string of the molecule is Cc1ccc(CN(C)Cc2cccc(C#N)c2)cc1. The Morgan fingerprint density at radius 1 is 1.00 bits per heavy atom. The molecule has 0 radical (unpaired) electrons. The first-order valence-electron chi connectivity index (χ1n) is 6.40. The van der Waals surface area contributed by atoms with Gasteiger partial charge in [-0.1, -0.05) is 42.0 Å². The van der Waals surface area contributed by atoms with E-state index in [0.717, 1.165) is 18.7 Å². The average molecular weight is 250 g/mol. The second-order valence-electron chi connectivity index (χ2n) is 4.97. The molecule has 0 spiro atoms. The minimum Gasteiger partial charge on any atom is -0.298 e. The van der Waals surface area contributed by atoms with Gasteiger partial charge in [0.15, 0.2) is 0 Å². The molecular formula is C17H18N2. The maximum atomic E-state index is 8.89. The van der Waals surface area contributed by atoms with Gasteiger partial charge in [0.1, 0.15) is 0 Å². The van der Waals surface area contributed by atoms with E-state index in [4.69, 9.17) is 5.26 Å². The van der Waals surface area contributed by atoms with Gasteiger partial charge in [0.2, 0.25) is 0 Å². The van der Waals surface area contributed by atoms with Gasteiger partial charge in [-0.25, -0.2) is 0 Å². The van der Waals surface area contributed by atoms with Crippen molar-refractivity contribution in [3.05, 3.63) is 70.8 Å². The molecule has 0 atom stereocenters. The third-order valence-corrected chi connectivity index (χ3v) is 3.08. The summed E-state index contributed by atoms with van der Waals surface area (Å²) in [7, 11) is 2.10. The lowest BCUT2D eigenvalue weighted by Gasteiger charge is -2.17. The van der Waals surface area contributed by atoms with E-state index < -0.39 is 0 Å². The predicted molar refractivity (Wildman–Crippen MR) is 77.5 cm³/mol. The highest BCUT2D eigenvalue weighted by atomic mass is 15.1. The van der Waals surface area contributed by atoms with Crippen LogP contribution in [0.2, 0.25) is 0 Å². The molecule has 2 heteroatoms. The highest BCUT2D eigenvalue weighted by Crippen LogP contribution is 2.10. The van der Waals surface area contributed by atoms with E-state index >= 15 is 0 Å². The minimum absolute atomic E-state index is 0.723. The minimum atomic E-state index is 0.723. The van der Waals surface area contributed by atoms with Crippen molar-refractivity contribution in [3.63, 3.8) is 0 Å². The van der Waals surface area contributed by atoms with Crippen LogP contribution in [0.4, 0.5) is 0 Å². The van der Waals surface area contributed by atoms with Gasteiger partial charge >= 0.3 is 0 Å². The van der Waals surface area contributed by atoms with Crippen molar-refractivity contribution >= 4 is 0 Å². The molecule has 0 unspecified atom stereocenters. The average Bonchev–Trinajstić information content (AvgIpc) is 2.41. The molecule has 2 nitrogen and oxygen atoms in total. The molecule has 0 saturated carbocycles. The van der Waals surface area contributed by atoms with E-state index in [1.54, 1.807) is 0 Å². The Balaban J connectivity index is 1.99. The molecule has 0 saturated heterocycles. The van der Waals surface area contributed by atoms with Gasteiger partial charge in [-0.15, -0.1) is 0 Å². The molecule has 96 valence electrons. The summed E-state index contributed by atoms with van der Waals surface area (Å²) in [5.41, 5.74) is 4.49. The van der Waals surface area contributed by atoms with E-state index in [9.17, 15) is 0 Å². The van der Waals surface area contributed by atoms with Gasteiger partial charge in [-0.3, -0.25) is 4.90 Å². The Morgan fingerprint density at radius 2 is 1.68 bits per heavy atom. The summed E-state index contributed by atoms with van der Waals surface area (Å²) in [4.78, 5) is 2.25. The quantitative estimate of drug-likeness (QED) is 0.830. The van der Waals surface area contributed by atoms with E-state index in [2.05, 4.69) is 55.3 Å². The molecule has 0 aliphatic heterocycles. The van der Waals surface area contributed by atoms with Gasteiger partial charge in [0.25, 0.3) is 0 Å². The Bertz CT molecular complexity index is 579. The largest absolute Gasteiger partial charge is 0.298 e. The first kappa shape index (κ1) is 13.3. The molecule has 0 aliphatic rings. The summed E-state index contributed by atoms with van der Waals surface area (Å²) in [6.45, 7) is 3.86. The number of benzene rings is 2. The monoisotopic (exact) mass is 250 g/mol. The lowest BCUT2D eigenvalue weighted by atomic mass is 10.1. The molecule has 19 heavy (non-hydrogen) atoms. The standard InChI is InChI=1S/C17H18N2/c1-14-6-8-15(9-7-14)12-19(2)13-17-5-3-4-16(10-17)11-18/h3-10H,12-13H2,1-2H3. The van der Waals surface area contributed by atoms with Crippen LogP contribution in [-0.2, 0) is 13.1 Å². The first-order chi connectivity index (χ1) is 9.17. The van der Waals surface area contributed by atoms with Crippen molar-refractivity contribution in [2.45, 2.75) is 20.0 Å². The highest BCUT2D eigenvalue weighted by molar-refractivity contribution is 5.32. The molecule has 0 N–H and O–H groups in total. The predicted octanol–water partition coefficient (Wildman–Crippen LogP) is 3.50. The lowest BCUT2D eigenvalue weighted by molar-refractivity contribution is 0.319. The summed E-state index contributed by atoms with van der Waals surface area (Å²) in [5, 5.41) is 8.89. The van der Waals surface area contributed by atoms with Crippen LogP contribution in [0.1, 0.15) is 22.3 Å². The van der Waals surface area contributed by atoms with Crippen molar-refractivity contribution in [1.82, 2.24) is 4.90 Å². The molecular weight excluding hydrogens is 232 g/mol. The van der Waals surface area contributed by atoms with Crippen LogP contribution in [0.25, 0.3) is 0 Å². The number of hydrogen-bond acceptors (Lipinski definition) is 2. The smallest absolute Gasteiger partial charge is 0.0991 e. The van der Waals surface area contributed by atoms with Crippen LogP contribution in [0.15, 0.2) is 48.5 Å². The number of hydrogen-bond donors (Lipinski definition) is 0. The lowest BCUT2D eigenvalue weighted by Crippen LogP contribution is -2.17. The number of rotatable bonds is 4. The van der Waals surface area contributed by atoms with Crippen LogP contribution in [0.5, 0.6) is 0 Å². The van der Waals surface area contributed by atoms with E-state index in [0.29, 0.717) is 0 Å². The molecule has 0 bridgehead atoms. The van der Waals surface area contributed by atoms with Crippen molar-refractivity contribution in [2.75, 3.05) is 7.05 Å². The van der Waals surface area contributed by atoms with Gasteiger partial charge in [-0.2, -0.15) is 5.26 Å². The summed E-state index contributed by atoms with van der Waals surface area (Å²) in [6.07, 6.45) is 0. The maximum Gasteiger partial charge on any atom is 0.0991 e. The van der Waals surface area contributed by atoms with Crippen molar-refractivity contribution in [3.8, 4) is 6.07 Å². The third-order valence-electron chi connectivity index (χ3n) is 3.08. The molecule has 0 aromatic heterocycles. The zero-order chi connectivity index (χ0) is 13.7. The topological polar surface area (TPSA) is 27.0 Å². The van der Waals surface area contributed by atoms with Crippen molar-refractivity contribution < 1.29 is 0 Å². The molecule has 0 aliphatic carbocycles. The molecule has 2 aromatic rings. The molecule has 0 amide bonds. The van der Waals surface area contributed by atoms with E-state index in [1.165, 1.54) is 16.7 Å². The van der Waals surface area contributed by atoms with Crippen LogP contribution in [0, 0.1) is 18.3 Å². The van der Waals surface area contributed by atoms with Gasteiger partial charge in [0, 0.05) is 13.1 Å². The molecule has 0 heterocycles. The Labute approximate surface area is 114 Å². The van der Waals surface area contributed by atoms with Crippen molar-refractivity contribution in [1.29, 1.82) is 5.26 Å². The normalized spacial score (nSPS) is 10.4. The summed E-state index contributed by atoms with van der Waals surface area (Å²) in [5.74, 6) is 0. The fourth-order valence-corrected chi connectivity index (χ4v) is 2.11. The summed E-state index contributed by atoms with van der Waals surface area (Å²) in [6, 6.07) is 18.6. The van der Waals surface area contributed by atoms with E-state index in [-0.39, 0.29) is 0 Å². The summed E-state index contributed by atoms with van der Waals surface area (Å²) >= 11 is 0. The van der Waals surface area contributed by atoms with E-state index in [1.807, 2.05) is 18.2 Å². The van der Waals surface area contributed by atoms with Crippen LogP contribution in [-0.4, -0.2) is 11.9 Å². The fraction of sp³-hybridized carbons (Fsp3) is 0.235. The molecule has 2 aromatic carbocycles. The molecule has 0 fully saturated rings. The Hall–Kier alpha value is -2.11. The number of nitriles is 1. The Kier molecular flexibility index (Phi) is 4.33. The zero-order valence-corrected chi connectivity index (χ0v) is 11.4. The summed E-state index contributed by atoms with van der Waals surface area (Å²) < 4.78 is 0. The number of aryl methyl sites for hydroxylation is 1. The first-order valence-corrected chi connectivity index (χ1v) is 6.40. The zero-order valence-electron chi connectivity index (χ0n) is 11.4. The van der Waals surface area contributed by atoms with Crippen LogP contribution < -0.4 is 0 Å². The van der Waals surface area contributed by atoms with Gasteiger partial charge in [0.05, 0.1) is 11.6 Å². The third kappa shape index (κ3) is 3.94. The van der Waals surface area contributed by atoms with Crippen molar-refractivity contribution in [2.24, 2.45) is 0 Å². The van der Waals surface area contributed by atoms with Gasteiger partial charge in [-0.05, 0) is 37.2 Å². The number of nitrogens with zero attached hydrogens (tertiary/aromatic N) is 2. The van der Waals surface area contributed by atoms with Gasteiger partial charge < -0.3 is 0 Å². The molecule has 2 rings (SSSR count). The second kappa shape index (κ2) is 6.17. The second-order valence-corrected chi connectivity index (χ2v) is 4.97.